The van der Waals surface area contributed by atoms with Gasteiger partial charge in [-0.2, -0.15) is 0 Å². The van der Waals surface area contributed by atoms with E-state index in [1.807, 2.05) is 30.3 Å². The predicted octanol–water partition coefficient (Wildman–Crippen LogP) is 2.66. The Bertz CT molecular complexity index is 691. The molecular formula is C20H24N2O3. The molecule has 0 atom stereocenters. The second kappa shape index (κ2) is 6.90. The molecule has 5 nitrogen and oxygen atoms in total. The third kappa shape index (κ3) is 3.86. The normalized spacial score (nSPS) is 19.0. The summed E-state index contributed by atoms with van der Waals surface area (Å²) in [6.45, 7) is 1.24. The topological polar surface area (TPSA) is 58.6 Å². The SMILES string of the molecule is O=C(C=C(C1CC1)C1CC1)NCCCN1C(=O)COc2ccccc21. The number of rotatable bonds is 7. The lowest BCUT2D eigenvalue weighted by atomic mass is 10.1. The molecule has 0 spiro atoms. The zero-order chi connectivity index (χ0) is 17.2. The number of hydrogen-bond acceptors (Lipinski definition) is 3. The number of ether oxygens (including phenoxy) is 1. The van der Waals surface area contributed by atoms with E-state index in [1.54, 1.807) is 4.90 Å². The number of amides is 2. The third-order valence-electron chi connectivity index (χ3n) is 5.06. The van der Waals surface area contributed by atoms with Crippen LogP contribution in [0.25, 0.3) is 0 Å². The quantitative estimate of drug-likeness (QED) is 0.613. The maximum atomic E-state index is 12.1. The van der Waals surface area contributed by atoms with Crippen LogP contribution in [-0.2, 0) is 9.59 Å². The van der Waals surface area contributed by atoms with Gasteiger partial charge in [-0.05, 0) is 56.1 Å². The van der Waals surface area contributed by atoms with Gasteiger partial charge in [0.1, 0.15) is 5.75 Å². The summed E-state index contributed by atoms with van der Waals surface area (Å²) in [5.41, 5.74) is 2.18. The summed E-state index contributed by atoms with van der Waals surface area (Å²) in [7, 11) is 0. The number of para-hydroxylation sites is 2. The van der Waals surface area contributed by atoms with Crippen molar-refractivity contribution in [3.8, 4) is 5.75 Å². The van der Waals surface area contributed by atoms with Gasteiger partial charge in [0.2, 0.25) is 5.91 Å². The maximum Gasteiger partial charge on any atom is 0.265 e. The van der Waals surface area contributed by atoms with Gasteiger partial charge in [-0.1, -0.05) is 17.7 Å². The van der Waals surface area contributed by atoms with Gasteiger partial charge in [0.15, 0.2) is 6.61 Å². The van der Waals surface area contributed by atoms with Gasteiger partial charge in [0, 0.05) is 19.2 Å². The number of hydrogen-bond donors (Lipinski definition) is 1. The number of fused-ring (bicyclic) bond motifs is 1. The fourth-order valence-corrected chi connectivity index (χ4v) is 3.45. The molecule has 4 rings (SSSR count). The van der Waals surface area contributed by atoms with Crippen molar-refractivity contribution in [2.45, 2.75) is 32.1 Å². The molecule has 0 bridgehead atoms. The van der Waals surface area contributed by atoms with E-state index in [1.165, 1.54) is 31.3 Å². The van der Waals surface area contributed by atoms with E-state index in [4.69, 9.17) is 4.74 Å². The Morgan fingerprint density at radius 2 is 1.92 bits per heavy atom. The van der Waals surface area contributed by atoms with Crippen LogP contribution < -0.4 is 15.0 Å². The molecule has 25 heavy (non-hydrogen) atoms. The molecule has 0 unspecified atom stereocenters. The van der Waals surface area contributed by atoms with E-state index in [-0.39, 0.29) is 18.4 Å². The van der Waals surface area contributed by atoms with Crippen LogP contribution in [0.5, 0.6) is 5.75 Å². The van der Waals surface area contributed by atoms with Crippen LogP contribution in [0.2, 0.25) is 0 Å². The molecule has 1 aromatic carbocycles. The smallest absolute Gasteiger partial charge is 0.265 e. The van der Waals surface area contributed by atoms with E-state index in [9.17, 15) is 9.59 Å². The molecule has 2 amide bonds. The van der Waals surface area contributed by atoms with E-state index >= 15 is 0 Å². The third-order valence-corrected chi connectivity index (χ3v) is 5.06. The molecule has 5 heteroatoms. The fourth-order valence-electron chi connectivity index (χ4n) is 3.45. The summed E-state index contributed by atoms with van der Waals surface area (Å²) < 4.78 is 5.44. The molecule has 1 aromatic rings. The van der Waals surface area contributed by atoms with Crippen LogP contribution in [0, 0.1) is 11.8 Å². The molecule has 1 aliphatic heterocycles. The van der Waals surface area contributed by atoms with Gasteiger partial charge >= 0.3 is 0 Å². The second-order valence-corrected chi connectivity index (χ2v) is 7.14. The monoisotopic (exact) mass is 340 g/mol. The van der Waals surface area contributed by atoms with Gasteiger partial charge in [0.25, 0.3) is 5.91 Å². The Morgan fingerprint density at radius 3 is 2.64 bits per heavy atom. The van der Waals surface area contributed by atoms with Gasteiger partial charge < -0.3 is 15.0 Å². The molecule has 2 fully saturated rings. The minimum absolute atomic E-state index is 0.0162. The lowest BCUT2D eigenvalue weighted by Crippen LogP contribution is -2.40. The number of allylic oxidation sites excluding steroid dienone is 1. The van der Waals surface area contributed by atoms with Crippen LogP contribution in [0.3, 0.4) is 0 Å². The number of nitrogens with one attached hydrogen (secondary N) is 1. The molecule has 0 saturated heterocycles. The zero-order valence-corrected chi connectivity index (χ0v) is 14.4. The van der Waals surface area contributed by atoms with Crippen LogP contribution in [0.1, 0.15) is 32.1 Å². The van der Waals surface area contributed by atoms with Gasteiger partial charge in [-0.15, -0.1) is 0 Å². The molecule has 132 valence electrons. The van der Waals surface area contributed by atoms with Crippen LogP contribution in [0.4, 0.5) is 5.69 Å². The highest BCUT2D eigenvalue weighted by atomic mass is 16.5. The first kappa shape index (κ1) is 16.2. The number of anilines is 1. The molecule has 0 radical (unpaired) electrons. The van der Waals surface area contributed by atoms with Crippen molar-refractivity contribution in [1.29, 1.82) is 0 Å². The number of carbonyl (C=O) groups excluding carboxylic acids is 2. The summed E-state index contributed by atoms with van der Waals surface area (Å²) in [5.74, 6) is 2.06. The largest absolute Gasteiger partial charge is 0.482 e. The van der Waals surface area contributed by atoms with Crippen molar-refractivity contribution < 1.29 is 14.3 Å². The Kier molecular flexibility index (Phi) is 4.47. The maximum absolute atomic E-state index is 12.1. The van der Waals surface area contributed by atoms with Crippen molar-refractivity contribution in [1.82, 2.24) is 5.32 Å². The Balaban J connectivity index is 1.27. The van der Waals surface area contributed by atoms with Crippen molar-refractivity contribution in [2.24, 2.45) is 11.8 Å². The number of benzene rings is 1. The Labute approximate surface area is 148 Å². The minimum atomic E-state index is -0.0327. The molecule has 2 saturated carbocycles. The van der Waals surface area contributed by atoms with Gasteiger partial charge in [-0.3, -0.25) is 9.59 Å². The first-order chi connectivity index (χ1) is 12.2. The molecule has 2 aliphatic carbocycles. The molecule has 3 aliphatic rings. The summed E-state index contributed by atoms with van der Waals surface area (Å²) in [6.07, 6.45) is 7.54. The van der Waals surface area contributed by atoms with Gasteiger partial charge in [-0.25, -0.2) is 0 Å². The average Bonchev–Trinajstić information content (AvgIpc) is 3.51. The highest BCUT2D eigenvalue weighted by Crippen LogP contribution is 2.48. The standard InChI is InChI=1S/C20H24N2O3/c23-19(12-16(14-6-7-14)15-8-9-15)21-10-3-11-22-17-4-1-2-5-18(17)25-13-20(22)24/h1-2,4-5,12,14-15H,3,6-11,13H2,(H,21,23). The number of carbonyl (C=O) groups is 2. The van der Waals surface area contributed by atoms with Crippen molar-refractivity contribution in [3.05, 3.63) is 35.9 Å². The first-order valence-electron chi connectivity index (χ1n) is 9.24. The molecule has 0 aromatic heterocycles. The van der Waals surface area contributed by atoms with E-state index < -0.39 is 0 Å². The van der Waals surface area contributed by atoms with E-state index in [0.29, 0.717) is 24.9 Å². The second-order valence-electron chi connectivity index (χ2n) is 7.14. The van der Waals surface area contributed by atoms with Crippen LogP contribution in [-0.4, -0.2) is 31.5 Å². The lowest BCUT2D eigenvalue weighted by molar-refractivity contribution is -0.121. The number of nitrogens with zero attached hydrogens (tertiary/aromatic N) is 1. The highest BCUT2D eigenvalue weighted by molar-refractivity contribution is 5.97. The van der Waals surface area contributed by atoms with Gasteiger partial charge in [0.05, 0.1) is 5.69 Å². The van der Waals surface area contributed by atoms with Crippen molar-refractivity contribution in [3.63, 3.8) is 0 Å². The molecular weight excluding hydrogens is 316 g/mol. The predicted molar refractivity (Wildman–Crippen MR) is 95.4 cm³/mol. The van der Waals surface area contributed by atoms with Crippen molar-refractivity contribution >= 4 is 17.5 Å². The van der Waals surface area contributed by atoms with Crippen LogP contribution in [0.15, 0.2) is 35.9 Å². The van der Waals surface area contributed by atoms with Crippen LogP contribution >= 0.6 is 0 Å². The summed E-state index contributed by atoms with van der Waals surface area (Å²) in [5, 5.41) is 2.97. The molecule has 1 heterocycles. The fraction of sp³-hybridized carbons (Fsp3) is 0.500. The first-order valence-corrected chi connectivity index (χ1v) is 9.24. The Morgan fingerprint density at radius 1 is 1.20 bits per heavy atom. The van der Waals surface area contributed by atoms with E-state index in [0.717, 1.165) is 17.9 Å². The van der Waals surface area contributed by atoms with E-state index in [2.05, 4.69) is 5.32 Å². The average molecular weight is 340 g/mol. The minimum Gasteiger partial charge on any atom is -0.482 e. The summed E-state index contributed by atoms with van der Waals surface area (Å²) >= 11 is 0. The summed E-state index contributed by atoms with van der Waals surface area (Å²) in [6, 6.07) is 7.57. The molecule has 1 N–H and O–H groups in total. The van der Waals surface area contributed by atoms with Crippen molar-refractivity contribution in [2.75, 3.05) is 24.6 Å². The Hall–Kier alpha value is -2.30. The lowest BCUT2D eigenvalue weighted by Gasteiger charge is -2.29. The highest BCUT2D eigenvalue weighted by Gasteiger charge is 2.36. The summed E-state index contributed by atoms with van der Waals surface area (Å²) in [4.78, 5) is 26.0. The zero-order valence-electron chi connectivity index (χ0n) is 14.4.